The number of hydrogen-bond donors (Lipinski definition) is 2. The van der Waals surface area contributed by atoms with Gasteiger partial charge in [0.25, 0.3) is 0 Å². The maximum atomic E-state index is 12.3. The molecule has 0 spiro atoms. The van der Waals surface area contributed by atoms with Crippen LogP contribution in [0.3, 0.4) is 0 Å². The van der Waals surface area contributed by atoms with Crippen molar-refractivity contribution in [1.82, 2.24) is 4.90 Å². The number of rotatable bonds is 4. The van der Waals surface area contributed by atoms with Gasteiger partial charge >= 0.3 is 6.03 Å². The summed E-state index contributed by atoms with van der Waals surface area (Å²) in [7, 11) is 0. The topological polar surface area (TPSA) is 36.8 Å². The molecule has 2 aromatic carbocycles. The first-order valence-corrected chi connectivity index (χ1v) is 8.88. The molecule has 0 radical (unpaired) electrons. The fraction of sp³-hybridized carbons (Fsp3) is 0.286. The van der Waals surface area contributed by atoms with Crippen molar-refractivity contribution in [1.29, 1.82) is 0 Å². The fourth-order valence-electron chi connectivity index (χ4n) is 3.00. The van der Waals surface area contributed by atoms with Crippen molar-refractivity contribution in [2.75, 3.05) is 38.0 Å². The molecule has 0 bridgehead atoms. The van der Waals surface area contributed by atoms with Crippen LogP contribution in [0.5, 0.6) is 0 Å². The van der Waals surface area contributed by atoms with Crippen LogP contribution in [0, 0.1) is 6.92 Å². The van der Waals surface area contributed by atoms with Crippen LogP contribution in [0.1, 0.15) is 11.1 Å². The molecule has 0 unspecified atom stereocenters. The second-order valence-electron chi connectivity index (χ2n) is 6.55. The maximum absolute atomic E-state index is 12.3. The largest absolute Gasteiger partial charge is 0.329 e. The molecule has 2 aromatic rings. The molecular weight excluding hydrogens is 310 g/mol. The van der Waals surface area contributed by atoms with Gasteiger partial charge in [-0.1, -0.05) is 54.1 Å². The number of anilines is 1. The first-order valence-electron chi connectivity index (χ1n) is 8.88. The zero-order valence-electron chi connectivity index (χ0n) is 14.7. The molecule has 2 N–H and O–H groups in total. The Morgan fingerprint density at radius 1 is 1.08 bits per heavy atom. The number of benzene rings is 2. The Kier molecular flexibility index (Phi) is 5.86. The molecule has 3 rings (SSSR count). The first-order chi connectivity index (χ1) is 12.2. The van der Waals surface area contributed by atoms with E-state index in [0.29, 0.717) is 0 Å². The number of nitrogens with zero attached hydrogens (tertiary/aromatic N) is 1. The minimum atomic E-state index is 0.00253. The van der Waals surface area contributed by atoms with Gasteiger partial charge < -0.3 is 15.1 Å². The number of nitrogens with one attached hydrogen (secondary N) is 2. The average molecular weight is 336 g/mol. The molecule has 0 aromatic heterocycles. The number of carbonyl (C=O) groups is 1. The quantitative estimate of drug-likeness (QED) is 0.884. The van der Waals surface area contributed by atoms with Crippen molar-refractivity contribution in [3.63, 3.8) is 0 Å². The van der Waals surface area contributed by atoms with E-state index in [-0.39, 0.29) is 6.03 Å². The highest BCUT2D eigenvalue weighted by Gasteiger charge is 2.22. The molecule has 1 aliphatic heterocycles. The third-order valence-electron chi connectivity index (χ3n) is 4.58. The van der Waals surface area contributed by atoms with Gasteiger partial charge in [0.2, 0.25) is 0 Å². The van der Waals surface area contributed by atoms with E-state index in [4.69, 9.17) is 0 Å². The van der Waals surface area contributed by atoms with E-state index in [1.807, 2.05) is 42.2 Å². The van der Waals surface area contributed by atoms with Gasteiger partial charge in [-0.2, -0.15) is 0 Å². The maximum Gasteiger partial charge on any atom is 0.322 e. The van der Waals surface area contributed by atoms with E-state index in [2.05, 4.69) is 41.7 Å². The second kappa shape index (κ2) is 8.49. The van der Waals surface area contributed by atoms with Gasteiger partial charge in [-0.3, -0.25) is 0 Å². The van der Waals surface area contributed by atoms with E-state index >= 15 is 0 Å². The number of amides is 2. The van der Waals surface area contributed by atoms with E-state index in [0.717, 1.165) is 38.4 Å². The van der Waals surface area contributed by atoms with Crippen molar-refractivity contribution in [2.45, 2.75) is 6.92 Å². The number of piperazine rings is 1. The first kappa shape index (κ1) is 17.2. The molecule has 0 atom stereocenters. The molecule has 0 aliphatic carbocycles. The predicted octanol–water partition coefficient (Wildman–Crippen LogP) is 2.44. The molecule has 1 fully saturated rings. The van der Waals surface area contributed by atoms with Crippen molar-refractivity contribution < 1.29 is 9.69 Å². The number of hydrogen-bond acceptors (Lipinski definition) is 1. The lowest BCUT2D eigenvalue weighted by Gasteiger charge is -2.31. The van der Waals surface area contributed by atoms with Gasteiger partial charge in [0.15, 0.2) is 0 Å². The standard InChI is InChI=1S/C21H25N3O/c1-18-9-11-20(12-10-18)22-21(25)24-16-14-23(15-17-24)13-5-8-19-6-3-2-4-7-19/h2-12H,13-17H2,1H3,(H,22,25)/p+1. The molecule has 1 saturated heterocycles. The van der Waals surface area contributed by atoms with Crippen LogP contribution in [-0.4, -0.2) is 43.7 Å². The number of quaternary nitrogens is 1. The Morgan fingerprint density at radius 2 is 1.76 bits per heavy atom. The summed E-state index contributed by atoms with van der Waals surface area (Å²) in [5.74, 6) is 0. The Morgan fingerprint density at radius 3 is 2.44 bits per heavy atom. The molecule has 1 aliphatic rings. The zero-order valence-corrected chi connectivity index (χ0v) is 14.7. The van der Waals surface area contributed by atoms with E-state index in [9.17, 15) is 4.79 Å². The van der Waals surface area contributed by atoms with Gasteiger partial charge in [0.1, 0.15) is 0 Å². The summed E-state index contributed by atoms with van der Waals surface area (Å²) in [5.41, 5.74) is 3.29. The Bertz CT molecular complexity index is 702. The zero-order chi connectivity index (χ0) is 17.5. The molecule has 2 amide bonds. The molecule has 25 heavy (non-hydrogen) atoms. The fourth-order valence-corrected chi connectivity index (χ4v) is 3.00. The summed E-state index contributed by atoms with van der Waals surface area (Å²) in [6.45, 7) is 6.61. The normalized spacial score (nSPS) is 15.5. The molecule has 130 valence electrons. The van der Waals surface area contributed by atoms with Crippen molar-refractivity contribution in [2.24, 2.45) is 0 Å². The molecule has 0 saturated carbocycles. The number of carbonyl (C=O) groups excluding carboxylic acids is 1. The highest BCUT2D eigenvalue weighted by Crippen LogP contribution is 2.09. The van der Waals surface area contributed by atoms with Gasteiger partial charge in [-0.05, 0) is 30.7 Å². The van der Waals surface area contributed by atoms with Crippen molar-refractivity contribution >= 4 is 17.8 Å². The third-order valence-corrected chi connectivity index (χ3v) is 4.58. The van der Waals surface area contributed by atoms with E-state index in [1.54, 1.807) is 0 Å². The highest BCUT2D eigenvalue weighted by molar-refractivity contribution is 5.89. The summed E-state index contributed by atoms with van der Waals surface area (Å²) < 4.78 is 0. The molecular formula is C21H26N3O+. The van der Waals surface area contributed by atoms with Crippen LogP contribution < -0.4 is 10.2 Å². The van der Waals surface area contributed by atoms with E-state index in [1.165, 1.54) is 16.0 Å². The van der Waals surface area contributed by atoms with Crippen molar-refractivity contribution in [3.8, 4) is 0 Å². The summed E-state index contributed by atoms with van der Waals surface area (Å²) in [6, 6.07) is 18.3. The SMILES string of the molecule is Cc1ccc(NC(=O)N2CC[NH+](CC=Cc3ccccc3)CC2)cc1. The minimum absolute atomic E-state index is 0.00253. The number of aryl methyl sites for hydroxylation is 1. The molecule has 4 heteroatoms. The monoisotopic (exact) mass is 336 g/mol. The van der Waals surface area contributed by atoms with Gasteiger partial charge in [0.05, 0.1) is 32.7 Å². The summed E-state index contributed by atoms with van der Waals surface area (Å²) >= 11 is 0. The summed E-state index contributed by atoms with van der Waals surface area (Å²) in [6.07, 6.45) is 4.40. The summed E-state index contributed by atoms with van der Waals surface area (Å²) in [5, 5.41) is 2.98. The lowest BCUT2D eigenvalue weighted by molar-refractivity contribution is -0.898. The van der Waals surface area contributed by atoms with Gasteiger partial charge in [-0.25, -0.2) is 4.79 Å². The van der Waals surface area contributed by atoms with Crippen LogP contribution in [0.2, 0.25) is 0 Å². The smallest absolute Gasteiger partial charge is 0.322 e. The average Bonchev–Trinajstić information content (AvgIpc) is 2.65. The lowest BCUT2D eigenvalue weighted by atomic mass is 10.2. The van der Waals surface area contributed by atoms with Crippen LogP contribution >= 0.6 is 0 Å². The second-order valence-corrected chi connectivity index (χ2v) is 6.55. The Balaban J connectivity index is 1.42. The predicted molar refractivity (Wildman–Crippen MR) is 103 cm³/mol. The van der Waals surface area contributed by atoms with Crippen LogP contribution in [0.15, 0.2) is 60.7 Å². The third kappa shape index (κ3) is 5.19. The van der Waals surface area contributed by atoms with Crippen LogP contribution in [0.4, 0.5) is 10.5 Å². The van der Waals surface area contributed by atoms with E-state index < -0.39 is 0 Å². The van der Waals surface area contributed by atoms with Crippen LogP contribution in [0.25, 0.3) is 6.08 Å². The van der Waals surface area contributed by atoms with Crippen molar-refractivity contribution in [3.05, 3.63) is 71.8 Å². The minimum Gasteiger partial charge on any atom is -0.329 e. The van der Waals surface area contributed by atoms with Crippen LogP contribution in [-0.2, 0) is 0 Å². The molecule has 4 nitrogen and oxygen atoms in total. The summed E-state index contributed by atoms with van der Waals surface area (Å²) in [4.78, 5) is 15.8. The Hall–Kier alpha value is -2.59. The molecule has 1 heterocycles. The van der Waals surface area contributed by atoms with Gasteiger partial charge in [-0.15, -0.1) is 0 Å². The number of urea groups is 1. The lowest BCUT2D eigenvalue weighted by Crippen LogP contribution is -3.14. The van der Waals surface area contributed by atoms with Gasteiger partial charge in [0, 0.05) is 5.69 Å². The Labute approximate surface area is 149 Å². The highest BCUT2D eigenvalue weighted by atomic mass is 16.2.